The summed E-state index contributed by atoms with van der Waals surface area (Å²) < 4.78 is 127. The summed E-state index contributed by atoms with van der Waals surface area (Å²) in [6, 6.07) is 10.5. The Morgan fingerprint density at radius 3 is 1.21 bits per heavy atom. The Hall–Kier alpha value is -3.13. The van der Waals surface area contributed by atoms with Gasteiger partial charge in [-0.1, -0.05) is 11.8 Å². The van der Waals surface area contributed by atoms with Gasteiger partial charge in [0.25, 0.3) is 0 Å². The maximum Gasteiger partial charge on any atom is 0.344 e. The van der Waals surface area contributed by atoms with E-state index in [9.17, 15) is 18.3 Å². The second-order valence-corrected chi connectivity index (χ2v) is 24.7. The Balaban J connectivity index is 1.88. The fourth-order valence-electron chi connectivity index (χ4n) is 7.20. The second kappa shape index (κ2) is 32.7. The first-order valence-electron chi connectivity index (χ1n) is 24.7. The Bertz CT molecular complexity index is 2400. The first-order valence-corrected chi connectivity index (χ1v) is 32.4. The monoisotopic (exact) mass is 1200 g/mol. The van der Waals surface area contributed by atoms with Crippen LogP contribution in [-0.2, 0) is 77.0 Å². The van der Waals surface area contributed by atoms with Crippen molar-refractivity contribution in [2.75, 3.05) is 119 Å². The lowest BCUT2D eigenvalue weighted by Crippen LogP contribution is -2.28. The minimum absolute atomic E-state index is 0.0376. The van der Waals surface area contributed by atoms with E-state index < -0.39 is 30.4 Å². The number of benzene rings is 1. The third-order valence-electron chi connectivity index (χ3n) is 9.89. The van der Waals surface area contributed by atoms with Gasteiger partial charge in [0.05, 0.1) is 87.5 Å². The number of hydrogen-bond donors (Lipinski definition) is 0. The summed E-state index contributed by atoms with van der Waals surface area (Å²) in [5, 5.41) is 9.73. The van der Waals surface area contributed by atoms with Gasteiger partial charge in [-0.3, -0.25) is 28.1 Å². The number of pyridine rings is 1. The maximum absolute atomic E-state index is 13.9. The highest BCUT2D eigenvalue weighted by molar-refractivity contribution is 9.10. The molecule has 0 radical (unpaired) electrons. The van der Waals surface area contributed by atoms with Gasteiger partial charge < -0.3 is 55.1 Å². The molecule has 4 aromatic rings. The number of rotatable bonds is 38. The van der Waals surface area contributed by atoms with Gasteiger partial charge in [-0.25, -0.2) is 14.3 Å². The second-order valence-electron chi connectivity index (χ2n) is 15.8. The molecule has 1 aromatic carbocycles. The van der Waals surface area contributed by atoms with E-state index in [2.05, 4.69) is 27.8 Å². The summed E-state index contributed by atoms with van der Waals surface area (Å²) in [4.78, 5) is 8.22. The highest BCUT2D eigenvalue weighted by Gasteiger charge is 2.36. The first kappa shape index (κ1) is 64.4. The van der Waals surface area contributed by atoms with Crippen molar-refractivity contribution in [2.24, 2.45) is 0 Å². The Morgan fingerprint density at radius 1 is 0.507 bits per heavy atom. The van der Waals surface area contributed by atoms with Gasteiger partial charge in [0.2, 0.25) is 0 Å². The van der Waals surface area contributed by atoms with Crippen LogP contribution >= 0.6 is 46.3 Å². The van der Waals surface area contributed by atoms with Crippen LogP contribution in [-0.4, -0.2) is 153 Å². The fourth-order valence-corrected chi connectivity index (χ4v) is 14.8. The minimum Gasteiger partial charge on any atom is -0.490 e. The number of ether oxygens (including phenoxy) is 4. The zero-order valence-electron chi connectivity index (χ0n) is 44.7. The van der Waals surface area contributed by atoms with E-state index in [0.29, 0.717) is 69.9 Å². The van der Waals surface area contributed by atoms with Gasteiger partial charge in [0, 0.05) is 51.3 Å². The summed E-state index contributed by atoms with van der Waals surface area (Å²) in [5.74, 6) is 8.19. The molecule has 23 nitrogen and oxygen atoms in total. The zero-order chi connectivity index (χ0) is 54.9. The van der Waals surface area contributed by atoms with Crippen molar-refractivity contribution in [3.8, 4) is 35.0 Å². The van der Waals surface area contributed by atoms with Gasteiger partial charge in [-0.15, -0.1) is 0 Å². The van der Waals surface area contributed by atoms with Crippen LogP contribution in [0.1, 0.15) is 77.9 Å². The van der Waals surface area contributed by atoms with Crippen LogP contribution in [0.5, 0.6) is 11.5 Å². The molecule has 3 aromatic heterocycles. The predicted octanol–water partition coefficient (Wildman–Crippen LogP) is 10.2. The van der Waals surface area contributed by atoms with Crippen LogP contribution in [0.4, 0.5) is 0 Å². The summed E-state index contributed by atoms with van der Waals surface area (Å²) in [5.41, 5.74) is 1.98. The lowest BCUT2D eigenvalue weighted by atomic mass is 10.1. The molecule has 0 amide bonds. The molecule has 28 heteroatoms. The third kappa shape index (κ3) is 21.2. The smallest absolute Gasteiger partial charge is 0.344 e. The van der Waals surface area contributed by atoms with Crippen molar-refractivity contribution in [3.05, 3.63) is 75.8 Å². The number of nitrogens with zero attached hydrogens (tertiary/aromatic N) is 7. The first-order chi connectivity index (χ1) is 36.0. The minimum atomic E-state index is -3.70. The summed E-state index contributed by atoms with van der Waals surface area (Å²) in [7, 11) is -11.6. The van der Waals surface area contributed by atoms with Gasteiger partial charge >= 0.3 is 30.4 Å². The van der Waals surface area contributed by atoms with Crippen LogP contribution < -0.4 is 9.47 Å². The van der Waals surface area contributed by atoms with E-state index in [-0.39, 0.29) is 97.7 Å². The largest absolute Gasteiger partial charge is 0.490 e. The SMILES string of the molecule is CCOP(=O)(CN(Cc1ccn(-c2cc(C#Cc3cc(OCCOC)c(Br)cc3OCCOC)cc(-n3ccc(CN(CP(=O)(OCC)OCC)CP(=O)(OCC)OCC)n3)n2)n1)CP(=O)(OCC)OCC)OCC. The van der Waals surface area contributed by atoms with Crippen LogP contribution in [0.2, 0.25) is 0 Å². The van der Waals surface area contributed by atoms with E-state index in [4.69, 9.17) is 70.3 Å². The number of methoxy groups -OCH3 is 2. The highest BCUT2D eigenvalue weighted by Crippen LogP contribution is 2.55. The molecule has 0 saturated heterocycles. The topological polar surface area (TPSA) is 234 Å². The molecule has 0 fully saturated rings. The average Bonchev–Trinajstić information content (AvgIpc) is 4.02. The molecule has 0 bridgehead atoms. The van der Waals surface area contributed by atoms with Crippen molar-refractivity contribution in [2.45, 2.75) is 68.5 Å². The Labute approximate surface area is 450 Å². The summed E-state index contributed by atoms with van der Waals surface area (Å²) in [6.45, 7) is 16.0. The fraction of sp³-hybridized carbons (Fsp3) is 0.596. The molecule has 0 aliphatic rings. The van der Waals surface area contributed by atoms with Crippen LogP contribution in [0, 0.1) is 11.8 Å². The lowest BCUT2D eigenvalue weighted by Gasteiger charge is -2.29. The molecule has 3 heterocycles. The molecule has 0 spiro atoms. The molecule has 0 saturated carbocycles. The molecule has 75 heavy (non-hydrogen) atoms. The standard InChI is InChI=1S/C47H74BrN7O16P4/c1-11-64-72(56,65-12-2)35-52(36-73(57,66-13-3)67-14-4)33-41-21-23-54(50-41)46-29-39(19-20-40-31-45(63-28-26-61-10)43(48)32-44(40)62-27-25-60-9)30-47(49-46)55-24-22-42(51-55)34-53(37-74(58,68-15-5)69-16-6)38-75(59,70-17-7)71-18-8/h21-24,29-32H,11-18,25-28,33-38H2,1-10H3. The number of halogens is 1. The van der Waals surface area contributed by atoms with E-state index in [1.807, 2.05) is 0 Å². The number of aromatic nitrogens is 5. The van der Waals surface area contributed by atoms with Crippen LogP contribution in [0.25, 0.3) is 11.6 Å². The molecule has 0 aliphatic heterocycles. The Morgan fingerprint density at radius 2 is 0.867 bits per heavy atom. The van der Waals surface area contributed by atoms with E-state index in [1.165, 1.54) is 0 Å². The maximum atomic E-state index is 13.9. The molecule has 0 unspecified atom stereocenters. The van der Waals surface area contributed by atoms with Gasteiger partial charge in [0.1, 0.15) is 49.9 Å². The normalized spacial score (nSPS) is 12.4. The Kier molecular flexibility index (Phi) is 28.1. The van der Waals surface area contributed by atoms with Crippen LogP contribution in [0.3, 0.4) is 0 Å². The third-order valence-corrected chi connectivity index (χ3v) is 18.7. The van der Waals surface area contributed by atoms with E-state index in [1.54, 1.807) is 138 Å². The van der Waals surface area contributed by atoms with E-state index >= 15 is 0 Å². The zero-order valence-corrected chi connectivity index (χ0v) is 49.8. The van der Waals surface area contributed by atoms with Crippen molar-refractivity contribution >= 4 is 46.3 Å². The van der Waals surface area contributed by atoms with Crippen molar-refractivity contribution < 1.29 is 73.4 Å². The van der Waals surface area contributed by atoms with Gasteiger partial charge in [0.15, 0.2) is 11.6 Å². The van der Waals surface area contributed by atoms with Crippen molar-refractivity contribution in [1.82, 2.24) is 34.3 Å². The number of hydrogen-bond acceptors (Lipinski definition) is 21. The quantitative estimate of drug-likeness (QED) is 0.0230. The molecule has 0 aliphatic carbocycles. The van der Waals surface area contributed by atoms with Crippen molar-refractivity contribution in [1.29, 1.82) is 0 Å². The predicted molar refractivity (Wildman–Crippen MR) is 287 cm³/mol. The molecule has 0 atom stereocenters. The summed E-state index contributed by atoms with van der Waals surface area (Å²) >= 11 is 3.59. The summed E-state index contributed by atoms with van der Waals surface area (Å²) in [6.07, 6.45) is 2.48. The van der Waals surface area contributed by atoms with Gasteiger partial charge in [-0.05, 0) is 102 Å². The average molecular weight is 1200 g/mol. The lowest BCUT2D eigenvalue weighted by molar-refractivity contribution is 0.144. The molecule has 4 rings (SSSR count). The van der Waals surface area contributed by atoms with Gasteiger partial charge in [-0.2, -0.15) is 10.2 Å². The molecule has 420 valence electrons. The molecular formula is C47H74BrN7O16P4. The van der Waals surface area contributed by atoms with E-state index in [0.717, 1.165) is 0 Å². The molecule has 0 N–H and O–H groups in total. The van der Waals surface area contributed by atoms with Crippen molar-refractivity contribution in [3.63, 3.8) is 0 Å². The highest BCUT2D eigenvalue weighted by atomic mass is 79.9. The van der Waals surface area contributed by atoms with Crippen LogP contribution in [0.15, 0.2) is 53.3 Å². The molecular weight excluding hydrogens is 1120 g/mol.